The minimum Gasteiger partial charge on any atom is -0.493 e. The van der Waals surface area contributed by atoms with Crippen LogP contribution < -0.4 is 9.47 Å². The second-order valence-corrected chi connectivity index (χ2v) is 7.39. The summed E-state index contributed by atoms with van der Waals surface area (Å²) in [6.07, 6.45) is 1.84. The van der Waals surface area contributed by atoms with Crippen molar-refractivity contribution in [3.63, 3.8) is 0 Å². The number of hydrogen-bond donors (Lipinski definition) is 0. The summed E-state index contributed by atoms with van der Waals surface area (Å²) in [5, 5.41) is 0.693. The maximum atomic E-state index is 12.9. The second-order valence-electron chi connectivity index (χ2n) is 6.38. The predicted molar refractivity (Wildman–Crippen MR) is 116 cm³/mol. The van der Waals surface area contributed by atoms with Gasteiger partial charge in [-0.05, 0) is 55.8 Å². The average Bonchev–Trinajstić information content (AvgIpc) is 2.98. The Kier molecular flexibility index (Phi) is 6.09. The Bertz CT molecular complexity index is 946. The Morgan fingerprint density at radius 2 is 1.75 bits per heavy atom. The van der Waals surface area contributed by atoms with Crippen LogP contribution in [-0.2, 0) is 4.79 Å². The molecular weight excluding hydrogens is 372 g/mol. The van der Waals surface area contributed by atoms with Gasteiger partial charge in [0.2, 0.25) is 0 Å². The molecule has 1 fully saturated rings. The molecule has 1 amide bonds. The number of likely N-dealkylation sites (N-methyl/N-ethyl adjacent to an activating group) is 1. The van der Waals surface area contributed by atoms with E-state index in [1.165, 1.54) is 11.8 Å². The minimum absolute atomic E-state index is 0.0534. The summed E-state index contributed by atoms with van der Waals surface area (Å²) in [6.45, 7) is 6.57. The number of carbonyl (C=O) groups excluding carboxylic acids is 1. The van der Waals surface area contributed by atoms with E-state index in [1.54, 1.807) is 19.1 Å². The van der Waals surface area contributed by atoms with Crippen molar-refractivity contribution in [1.82, 2.24) is 4.90 Å². The zero-order valence-electron chi connectivity index (χ0n) is 16.8. The molecule has 28 heavy (non-hydrogen) atoms. The van der Waals surface area contributed by atoms with Crippen molar-refractivity contribution in [2.24, 2.45) is 4.99 Å². The quantitative estimate of drug-likeness (QED) is 0.672. The largest absolute Gasteiger partial charge is 0.493 e. The van der Waals surface area contributed by atoms with Gasteiger partial charge in [-0.25, -0.2) is 4.99 Å². The smallest absolute Gasteiger partial charge is 0.266 e. The maximum absolute atomic E-state index is 12.9. The molecule has 1 saturated heterocycles. The van der Waals surface area contributed by atoms with Crippen LogP contribution in [0.4, 0.5) is 5.69 Å². The van der Waals surface area contributed by atoms with Gasteiger partial charge in [0.25, 0.3) is 5.91 Å². The fourth-order valence-corrected chi connectivity index (χ4v) is 4.15. The number of aliphatic imine (C=N–C) groups is 1. The lowest BCUT2D eigenvalue weighted by atomic mass is 10.1. The third-order valence-electron chi connectivity index (χ3n) is 4.57. The number of aryl methyl sites for hydroxylation is 2. The Morgan fingerprint density at radius 1 is 1.07 bits per heavy atom. The first-order valence-corrected chi connectivity index (χ1v) is 9.89. The molecule has 0 radical (unpaired) electrons. The molecule has 1 heterocycles. The van der Waals surface area contributed by atoms with Gasteiger partial charge in [-0.3, -0.25) is 9.69 Å². The zero-order valence-corrected chi connectivity index (χ0v) is 17.6. The number of nitrogens with zero attached hydrogens (tertiary/aromatic N) is 2. The van der Waals surface area contributed by atoms with Gasteiger partial charge in [0.1, 0.15) is 0 Å². The van der Waals surface area contributed by atoms with E-state index in [0.29, 0.717) is 28.1 Å². The van der Waals surface area contributed by atoms with Gasteiger partial charge in [0.15, 0.2) is 16.7 Å². The highest BCUT2D eigenvalue weighted by Crippen LogP contribution is 2.38. The van der Waals surface area contributed by atoms with Gasteiger partial charge in [-0.15, -0.1) is 0 Å². The summed E-state index contributed by atoms with van der Waals surface area (Å²) in [7, 11) is 3.19. The number of para-hydroxylation sites is 2. The van der Waals surface area contributed by atoms with Crippen LogP contribution in [0, 0.1) is 13.8 Å². The molecule has 0 aromatic heterocycles. The average molecular weight is 397 g/mol. The molecule has 3 rings (SSSR count). The molecule has 0 bridgehead atoms. The van der Waals surface area contributed by atoms with Crippen molar-refractivity contribution >= 4 is 34.6 Å². The molecule has 1 aliphatic heterocycles. The normalized spacial score (nSPS) is 16.9. The van der Waals surface area contributed by atoms with Crippen LogP contribution in [-0.4, -0.2) is 36.7 Å². The standard InChI is InChI=1S/C22H24N2O3S/c1-6-24-21(25)18(13-16-11-8-12-17(26-4)20(16)27-5)28-22(24)23-19-14(2)9-7-10-15(19)3/h7-13H,6H2,1-5H3/b18-13+,23-22?. The van der Waals surface area contributed by atoms with E-state index in [-0.39, 0.29) is 5.91 Å². The maximum Gasteiger partial charge on any atom is 0.266 e. The van der Waals surface area contributed by atoms with E-state index >= 15 is 0 Å². The van der Waals surface area contributed by atoms with Gasteiger partial charge >= 0.3 is 0 Å². The number of thioether (sulfide) groups is 1. The molecule has 2 aromatic rings. The molecular formula is C22H24N2O3S. The summed E-state index contributed by atoms with van der Waals surface area (Å²) >= 11 is 1.38. The molecule has 146 valence electrons. The molecule has 0 aliphatic carbocycles. The molecule has 1 aliphatic rings. The molecule has 5 nitrogen and oxygen atoms in total. The van der Waals surface area contributed by atoms with Crippen molar-refractivity contribution in [3.05, 3.63) is 58.0 Å². The number of hydrogen-bond acceptors (Lipinski definition) is 5. The molecule has 2 aromatic carbocycles. The summed E-state index contributed by atoms with van der Waals surface area (Å²) in [4.78, 5) is 20.1. The van der Waals surface area contributed by atoms with E-state index in [2.05, 4.69) is 0 Å². The monoisotopic (exact) mass is 396 g/mol. The highest BCUT2D eigenvalue weighted by Gasteiger charge is 2.32. The number of ether oxygens (including phenoxy) is 2. The third-order valence-corrected chi connectivity index (χ3v) is 5.58. The van der Waals surface area contributed by atoms with Gasteiger partial charge in [0.05, 0.1) is 24.8 Å². The van der Waals surface area contributed by atoms with Crippen LogP contribution >= 0.6 is 11.8 Å². The molecule has 6 heteroatoms. The van der Waals surface area contributed by atoms with Crippen molar-refractivity contribution in [2.45, 2.75) is 20.8 Å². The van der Waals surface area contributed by atoms with E-state index in [9.17, 15) is 4.79 Å². The molecule has 0 saturated carbocycles. The van der Waals surface area contributed by atoms with Crippen molar-refractivity contribution in [1.29, 1.82) is 0 Å². The third kappa shape index (κ3) is 3.78. The first-order valence-electron chi connectivity index (χ1n) is 9.07. The fourth-order valence-electron chi connectivity index (χ4n) is 3.11. The molecule has 0 N–H and O–H groups in total. The van der Waals surface area contributed by atoms with E-state index in [4.69, 9.17) is 14.5 Å². The minimum atomic E-state index is -0.0534. The lowest BCUT2D eigenvalue weighted by molar-refractivity contribution is -0.122. The predicted octanol–water partition coefficient (Wildman–Crippen LogP) is 4.94. The Hall–Kier alpha value is -2.73. The number of rotatable bonds is 5. The number of amidine groups is 1. The van der Waals surface area contributed by atoms with Crippen LogP contribution in [0.2, 0.25) is 0 Å². The number of amides is 1. The van der Waals surface area contributed by atoms with Crippen molar-refractivity contribution in [3.8, 4) is 11.5 Å². The van der Waals surface area contributed by atoms with E-state index in [0.717, 1.165) is 22.4 Å². The zero-order chi connectivity index (χ0) is 20.3. The van der Waals surface area contributed by atoms with Crippen molar-refractivity contribution < 1.29 is 14.3 Å². The highest BCUT2D eigenvalue weighted by atomic mass is 32.2. The lowest BCUT2D eigenvalue weighted by Gasteiger charge is -2.13. The van der Waals surface area contributed by atoms with Gasteiger partial charge < -0.3 is 9.47 Å². The Balaban J connectivity index is 2.03. The molecule has 0 spiro atoms. The molecule has 0 unspecified atom stereocenters. The van der Waals surface area contributed by atoms with Crippen LogP contribution in [0.1, 0.15) is 23.6 Å². The van der Waals surface area contributed by atoms with E-state index in [1.807, 2.05) is 63.2 Å². The first-order chi connectivity index (χ1) is 13.5. The van der Waals surface area contributed by atoms with Crippen LogP contribution in [0.3, 0.4) is 0 Å². The first kappa shape index (κ1) is 20.0. The number of benzene rings is 2. The van der Waals surface area contributed by atoms with E-state index < -0.39 is 0 Å². The SMILES string of the molecule is CCN1C(=O)/C(=C\c2cccc(OC)c2OC)SC1=Nc1c(C)cccc1C. The summed E-state index contributed by atoms with van der Waals surface area (Å²) in [5.74, 6) is 1.18. The summed E-state index contributed by atoms with van der Waals surface area (Å²) in [6, 6.07) is 11.7. The fraction of sp³-hybridized carbons (Fsp3) is 0.273. The molecule has 0 atom stereocenters. The highest BCUT2D eigenvalue weighted by molar-refractivity contribution is 8.18. The van der Waals surface area contributed by atoms with Gasteiger partial charge in [-0.1, -0.05) is 30.3 Å². The second kappa shape index (κ2) is 8.52. The van der Waals surface area contributed by atoms with Crippen molar-refractivity contribution in [2.75, 3.05) is 20.8 Å². The van der Waals surface area contributed by atoms with Gasteiger partial charge in [0, 0.05) is 12.1 Å². The Labute approximate surface area is 170 Å². The summed E-state index contributed by atoms with van der Waals surface area (Å²) in [5.41, 5.74) is 3.88. The topological polar surface area (TPSA) is 51.1 Å². The van der Waals surface area contributed by atoms with Crippen LogP contribution in [0.15, 0.2) is 46.3 Å². The van der Waals surface area contributed by atoms with Gasteiger partial charge in [-0.2, -0.15) is 0 Å². The Morgan fingerprint density at radius 3 is 2.36 bits per heavy atom. The summed E-state index contributed by atoms with van der Waals surface area (Å²) < 4.78 is 10.8. The number of methoxy groups -OCH3 is 2. The van der Waals surface area contributed by atoms with Crippen LogP contribution in [0.25, 0.3) is 6.08 Å². The lowest BCUT2D eigenvalue weighted by Crippen LogP contribution is -2.28. The van der Waals surface area contributed by atoms with Crippen LogP contribution in [0.5, 0.6) is 11.5 Å². The number of carbonyl (C=O) groups is 1.